The Balaban J connectivity index is 1.71. The van der Waals surface area contributed by atoms with Crippen LogP contribution in [0.25, 0.3) is 5.65 Å². The molecule has 0 radical (unpaired) electrons. The summed E-state index contributed by atoms with van der Waals surface area (Å²) in [6, 6.07) is 9.57. The van der Waals surface area contributed by atoms with Gasteiger partial charge in [0.05, 0.1) is 5.69 Å². The topological polar surface area (TPSA) is 77.2 Å². The van der Waals surface area contributed by atoms with Gasteiger partial charge in [-0.2, -0.15) is 0 Å². The van der Waals surface area contributed by atoms with Crippen molar-refractivity contribution >= 4 is 11.3 Å². The third-order valence-electron chi connectivity index (χ3n) is 3.30. The Morgan fingerprint density at radius 2 is 2.20 bits per heavy atom. The first kappa shape index (κ1) is 11.2. The van der Waals surface area contributed by atoms with Crippen molar-refractivity contribution in [2.24, 2.45) is 0 Å². The number of benzene rings is 1. The van der Waals surface area contributed by atoms with Gasteiger partial charge in [0.15, 0.2) is 11.4 Å². The molecule has 0 bridgehead atoms. The summed E-state index contributed by atoms with van der Waals surface area (Å²) in [4.78, 5) is 0. The maximum atomic E-state index is 5.86. The minimum atomic E-state index is 0.463. The molecule has 0 amide bonds. The number of aryl methyl sites for hydroxylation is 1. The molecule has 7 heteroatoms. The van der Waals surface area contributed by atoms with E-state index < -0.39 is 0 Å². The zero-order chi connectivity index (χ0) is 13.4. The number of hydrogen-bond donors (Lipinski definition) is 1. The Morgan fingerprint density at radius 1 is 1.20 bits per heavy atom. The van der Waals surface area contributed by atoms with Gasteiger partial charge in [-0.05, 0) is 41.0 Å². The SMILES string of the molecule is c1cc2c(c(Oc3ccc4nnnn4n3)c1)NCCC2. The van der Waals surface area contributed by atoms with Crippen LogP contribution in [0.2, 0.25) is 0 Å². The first-order valence-electron chi connectivity index (χ1n) is 6.49. The fraction of sp³-hybridized carbons (Fsp3) is 0.231. The zero-order valence-corrected chi connectivity index (χ0v) is 10.7. The molecule has 0 atom stereocenters. The molecule has 4 rings (SSSR count). The molecule has 20 heavy (non-hydrogen) atoms. The lowest BCUT2D eigenvalue weighted by molar-refractivity contribution is 0.447. The van der Waals surface area contributed by atoms with Gasteiger partial charge in [0.2, 0.25) is 5.88 Å². The molecule has 7 nitrogen and oxygen atoms in total. The third-order valence-corrected chi connectivity index (χ3v) is 3.30. The largest absolute Gasteiger partial charge is 0.435 e. The van der Waals surface area contributed by atoms with Crippen molar-refractivity contribution in [2.75, 3.05) is 11.9 Å². The molecule has 3 heterocycles. The highest BCUT2D eigenvalue weighted by molar-refractivity contribution is 5.64. The molecule has 1 aliphatic heterocycles. The summed E-state index contributed by atoms with van der Waals surface area (Å²) in [6.07, 6.45) is 2.21. The average Bonchev–Trinajstić information content (AvgIpc) is 2.95. The van der Waals surface area contributed by atoms with Crippen molar-refractivity contribution in [2.45, 2.75) is 12.8 Å². The van der Waals surface area contributed by atoms with E-state index in [9.17, 15) is 0 Å². The first-order valence-corrected chi connectivity index (χ1v) is 6.49. The maximum Gasteiger partial charge on any atom is 0.239 e. The van der Waals surface area contributed by atoms with Crippen molar-refractivity contribution in [3.05, 3.63) is 35.9 Å². The van der Waals surface area contributed by atoms with Crippen LogP contribution in [0.5, 0.6) is 11.6 Å². The monoisotopic (exact) mass is 268 g/mol. The number of nitrogens with zero attached hydrogens (tertiary/aromatic N) is 5. The van der Waals surface area contributed by atoms with Crippen molar-refractivity contribution in [1.82, 2.24) is 25.3 Å². The third kappa shape index (κ3) is 1.83. The standard InChI is InChI=1S/C13H12N6O/c1-3-9-4-2-8-14-13(9)10(5-1)20-12-7-6-11-15-17-18-19(11)16-12/h1,3,5-7,14H,2,4,8H2. The van der Waals surface area contributed by atoms with Crippen LogP contribution in [0.15, 0.2) is 30.3 Å². The van der Waals surface area contributed by atoms with Crippen LogP contribution in [-0.4, -0.2) is 31.8 Å². The van der Waals surface area contributed by atoms with Crippen LogP contribution in [0.4, 0.5) is 5.69 Å². The number of anilines is 1. The van der Waals surface area contributed by atoms with Crippen LogP contribution < -0.4 is 10.1 Å². The van der Waals surface area contributed by atoms with Crippen LogP contribution in [-0.2, 0) is 6.42 Å². The lowest BCUT2D eigenvalue weighted by Gasteiger charge is -2.20. The van der Waals surface area contributed by atoms with Crippen molar-refractivity contribution in [1.29, 1.82) is 0 Å². The minimum Gasteiger partial charge on any atom is -0.435 e. The molecule has 100 valence electrons. The van der Waals surface area contributed by atoms with Gasteiger partial charge in [-0.25, -0.2) is 0 Å². The second kappa shape index (κ2) is 4.44. The van der Waals surface area contributed by atoms with Gasteiger partial charge >= 0.3 is 0 Å². The summed E-state index contributed by atoms with van der Waals surface area (Å²) < 4.78 is 7.21. The number of fused-ring (bicyclic) bond motifs is 2. The number of hydrogen-bond acceptors (Lipinski definition) is 6. The van der Waals surface area contributed by atoms with E-state index in [1.54, 1.807) is 12.1 Å². The predicted molar refractivity (Wildman–Crippen MR) is 71.9 cm³/mol. The normalized spacial score (nSPS) is 13.8. The summed E-state index contributed by atoms with van der Waals surface area (Å²) in [5, 5.41) is 18.7. The average molecular weight is 268 g/mol. The maximum absolute atomic E-state index is 5.86. The molecule has 1 aliphatic rings. The number of tetrazole rings is 1. The molecule has 1 N–H and O–H groups in total. The number of aromatic nitrogens is 5. The number of nitrogens with one attached hydrogen (secondary N) is 1. The van der Waals surface area contributed by atoms with Gasteiger partial charge in [0.25, 0.3) is 0 Å². The van der Waals surface area contributed by atoms with Crippen LogP contribution in [0.3, 0.4) is 0 Å². The summed E-state index contributed by atoms with van der Waals surface area (Å²) in [5.74, 6) is 1.24. The molecule has 0 spiro atoms. The van der Waals surface area contributed by atoms with E-state index in [1.807, 2.05) is 12.1 Å². The molecule has 2 aromatic heterocycles. The van der Waals surface area contributed by atoms with Gasteiger partial charge in [0, 0.05) is 12.6 Å². The first-order chi connectivity index (χ1) is 9.90. The lowest BCUT2D eigenvalue weighted by Crippen LogP contribution is -2.12. The van der Waals surface area contributed by atoms with Crippen molar-refractivity contribution in [3.8, 4) is 11.6 Å². The van der Waals surface area contributed by atoms with E-state index in [4.69, 9.17) is 4.74 Å². The smallest absolute Gasteiger partial charge is 0.239 e. The number of rotatable bonds is 2. The summed E-state index contributed by atoms with van der Waals surface area (Å²) in [5.41, 5.74) is 2.92. The highest BCUT2D eigenvalue weighted by Crippen LogP contribution is 2.34. The van der Waals surface area contributed by atoms with E-state index in [-0.39, 0.29) is 0 Å². The van der Waals surface area contributed by atoms with Gasteiger partial charge in [-0.3, -0.25) is 0 Å². The lowest BCUT2D eigenvalue weighted by atomic mass is 10.0. The Kier molecular flexibility index (Phi) is 2.48. The molecular weight excluding hydrogens is 256 g/mol. The van der Waals surface area contributed by atoms with Crippen molar-refractivity contribution in [3.63, 3.8) is 0 Å². The Labute approximate surface area is 114 Å². The second-order valence-electron chi connectivity index (χ2n) is 4.62. The predicted octanol–water partition coefficient (Wildman–Crippen LogP) is 1.67. The van der Waals surface area contributed by atoms with Crippen molar-refractivity contribution < 1.29 is 4.74 Å². The van der Waals surface area contributed by atoms with E-state index in [2.05, 4.69) is 32.0 Å². The van der Waals surface area contributed by atoms with Crippen LogP contribution in [0.1, 0.15) is 12.0 Å². The van der Waals surface area contributed by atoms with Gasteiger partial charge in [-0.15, -0.1) is 14.8 Å². The highest BCUT2D eigenvalue weighted by atomic mass is 16.5. The van der Waals surface area contributed by atoms with E-state index in [0.29, 0.717) is 11.5 Å². The van der Waals surface area contributed by atoms with E-state index in [1.165, 1.54) is 10.2 Å². The molecule has 0 fully saturated rings. The Morgan fingerprint density at radius 3 is 3.20 bits per heavy atom. The molecular formula is C13H12N6O. The number of ether oxygens (including phenoxy) is 1. The number of para-hydroxylation sites is 1. The van der Waals surface area contributed by atoms with Crippen LogP contribution >= 0.6 is 0 Å². The molecule has 0 aliphatic carbocycles. The Bertz CT molecular complexity index is 768. The highest BCUT2D eigenvalue weighted by Gasteiger charge is 2.14. The van der Waals surface area contributed by atoms with E-state index in [0.717, 1.165) is 30.8 Å². The minimum absolute atomic E-state index is 0.463. The summed E-state index contributed by atoms with van der Waals surface area (Å²) in [7, 11) is 0. The Hall–Kier alpha value is -2.70. The fourth-order valence-corrected chi connectivity index (χ4v) is 2.36. The van der Waals surface area contributed by atoms with Crippen LogP contribution in [0, 0.1) is 0 Å². The van der Waals surface area contributed by atoms with E-state index >= 15 is 0 Å². The van der Waals surface area contributed by atoms with Gasteiger partial charge in [-0.1, -0.05) is 12.1 Å². The fourth-order valence-electron chi connectivity index (χ4n) is 2.36. The van der Waals surface area contributed by atoms with Gasteiger partial charge in [0.1, 0.15) is 0 Å². The van der Waals surface area contributed by atoms with Gasteiger partial charge < -0.3 is 10.1 Å². The molecule has 0 saturated carbocycles. The molecule has 0 unspecified atom stereocenters. The summed E-state index contributed by atoms with van der Waals surface area (Å²) in [6.45, 7) is 0.965. The summed E-state index contributed by atoms with van der Waals surface area (Å²) >= 11 is 0. The molecule has 3 aromatic rings. The molecule has 0 saturated heterocycles. The molecule has 1 aromatic carbocycles. The second-order valence-corrected chi connectivity index (χ2v) is 4.62. The quantitative estimate of drug-likeness (QED) is 0.761. The zero-order valence-electron chi connectivity index (χ0n) is 10.7.